The number of piperidine rings is 1. The van der Waals surface area contributed by atoms with E-state index in [9.17, 15) is 9.59 Å². The number of carbonyl (C=O) groups is 2. The smallest absolute Gasteiger partial charge is 0.313 e. The van der Waals surface area contributed by atoms with Gasteiger partial charge in [-0.1, -0.05) is 30.2 Å². The van der Waals surface area contributed by atoms with Crippen LogP contribution in [-0.2, 0) is 16.0 Å². The van der Waals surface area contributed by atoms with Crippen molar-refractivity contribution >= 4 is 34.8 Å². The van der Waals surface area contributed by atoms with E-state index in [0.29, 0.717) is 23.0 Å². The van der Waals surface area contributed by atoms with Gasteiger partial charge in [0.25, 0.3) is 0 Å². The SMILES string of the molecule is COc1ccc(NC(=O)C(=O)NCC(c2ccc3c(c2)CCCN3C)N2CCCCC2)cc1Cl. The summed E-state index contributed by atoms with van der Waals surface area (Å²) in [6.07, 6.45) is 5.75. The van der Waals surface area contributed by atoms with Crippen molar-refractivity contribution in [3.05, 3.63) is 52.5 Å². The van der Waals surface area contributed by atoms with E-state index in [1.54, 1.807) is 18.2 Å². The molecular formula is C26H33ClN4O3. The Hall–Kier alpha value is -2.77. The summed E-state index contributed by atoms with van der Waals surface area (Å²) < 4.78 is 5.13. The van der Waals surface area contributed by atoms with E-state index in [1.807, 2.05) is 0 Å². The maximum atomic E-state index is 12.6. The van der Waals surface area contributed by atoms with Crippen LogP contribution in [0.2, 0.25) is 5.02 Å². The topological polar surface area (TPSA) is 73.9 Å². The molecule has 1 unspecified atom stereocenters. The highest BCUT2D eigenvalue weighted by molar-refractivity contribution is 6.40. The molecule has 2 aliphatic heterocycles. The van der Waals surface area contributed by atoms with Crippen LogP contribution in [0.4, 0.5) is 11.4 Å². The Morgan fingerprint density at radius 3 is 2.56 bits per heavy atom. The van der Waals surface area contributed by atoms with Crippen molar-refractivity contribution < 1.29 is 14.3 Å². The van der Waals surface area contributed by atoms with Crippen molar-refractivity contribution in [2.45, 2.75) is 38.1 Å². The van der Waals surface area contributed by atoms with Gasteiger partial charge < -0.3 is 20.3 Å². The van der Waals surface area contributed by atoms with Gasteiger partial charge in [0, 0.05) is 31.5 Å². The third-order valence-corrected chi connectivity index (χ3v) is 7.04. The number of fused-ring (bicyclic) bond motifs is 1. The summed E-state index contributed by atoms with van der Waals surface area (Å²) >= 11 is 6.12. The van der Waals surface area contributed by atoms with E-state index >= 15 is 0 Å². The second kappa shape index (κ2) is 11.1. The molecule has 2 aromatic carbocycles. The minimum atomic E-state index is -0.717. The van der Waals surface area contributed by atoms with Crippen LogP contribution in [0.15, 0.2) is 36.4 Å². The Kier molecular flexibility index (Phi) is 7.95. The van der Waals surface area contributed by atoms with Gasteiger partial charge in [0.1, 0.15) is 5.75 Å². The molecule has 182 valence electrons. The molecule has 2 aliphatic rings. The number of likely N-dealkylation sites (tertiary alicyclic amines) is 1. The highest BCUT2D eigenvalue weighted by atomic mass is 35.5. The molecule has 0 spiro atoms. The minimum Gasteiger partial charge on any atom is -0.495 e. The van der Waals surface area contributed by atoms with Gasteiger partial charge in [-0.3, -0.25) is 14.5 Å². The lowest BCUT2D eigenvalue weighted by Crippen LogP contribution is -2.43. The first-order chi connectivity index (χ1) is 16.5. The summed E-state index contributed by atoms with van der Waals surface area (Å²) in [6, 6.07) is 11.5. The molecule has 2 aromatic rings. The molecule has 8 heteroatoms. The van der Waals surface area contributed by atoms with Gasteiger partial charge in [-0.25, -0.2) is 0 Å². The summed E-state index contributed by atoms with van der Waals surface area (Å²) in [5.74, 6) is -0.873. The molecule has 1 fully saturated rings. The van der Waals surface area contributed by atoms with Crippen molar-refractivity contribution in [1.82, 2.24) is 10.2 Å². The highest BCUT2D eigenvalue weighted by Crippen LogP contribution is 2.32. The Labute approximate surface area is 206 Å². The van der Waals surface area contributed by atoms with Crippen molar-refractivity contribution in [3.63, 3.8) is 0 Å². The third-order valence-electron chi connectivity index (χ3n) is 6.74. The molecule has 0 aromatic heterocycles. The van der Waals surface area contributed by atoms with Crippen LogP contribution in [0.1, 0.15) is 42.9 Å². The minimum absolute atomic E-state index is 0.0324. The summed E-state index contributed by atoms with van der Waals surface area (Å²) in [6.45, 7) is 3.44. The number of methoxy groups -OCH3 is 1. The predicted octanol–water partition coefficient (Wildman–Crippen LogP) is 4.01. The molecule has 7 nitrogen and oxygen atoms in total. The molecule has 4 rings (SSSR count). The summed E-state index contributed by atoms with van der Waals surface area (Å²) in [7, 11) is 3.65. The van der Waals surface area contributed by atoms with E-state index in [1.165, 1.54) is 30.3 Å². The number of aryl methyl sites for hydroxylation is 1. The number of nitrogens with zero attached hydrogens (tertiary/aromatic N) is 2. The van der Waals surface area contributed by atoms with Crippen molar-refractivity contribution in [2.24, 2.45) is 0 Å². The number of benzene rings is 2. The van der Waals surface area contributed by atoms with Gasteiger partial charge in [0.2, 0.25) is 0 Å². The fraction of sp³-hybridized carbons (Fsp3) is 0.462. The van der Waals surface area contributed by atoms with Crippen LogP contribution < -0.4 is 20.3 Å². The monoisotopic (exact) mass is 484 g/mol. The van der Waals surface area contributed by atoms with E-state index < -0.39 is 11.8 Å². The van der Waals surface area contributed by atoms with Crippen LogP contribution in [-0.4, -0.2) is 57.1 Å². The van der Waals surface area contributed by atoms with Gasteiger partial charge >= 0.3 is 11.8 Å². The number of carbonyl (C=O) groups excluding carboxylic acids is 2. The molecule has 2 N–H and O–H groups in total. The number of hydrogen-bond donors (Lipinski definition) is 2. The number of ether oxygens (including phenoxy) is 1. The number of nitrogens with one attached hydrogen (secondary N) is 2. The highest BCUT2D eigenvalue weighted by Gasteiger charge is 2.26. The molecule has 1 atom stereocenters. The van der Waals surface area contributed by atoms with Crippen molar-refractivity contribution in [2.75, 3.05) is 50.6 Å². The molecular weight excluding hydrogens is 452 g/mol. The Bertz CT molecular complexity index is 1040. The van der Waals surface area contributed by atoms with Gasteiger partial charge in [-0.05, 0) is 74.2 Å². The Morgan fingerprint density at radius 1 is 1.03 bits per heavy atom. The van der Waals surface area contributed by atoms with Crippen molar-refractivity contribution in [3.8, 4) is 5.75 Å². The van der Waals surface area contributed by atoms with E-state index in [4.69, 9.17) is 16.3 Å². The molecule has 0 aliphatic carbocycles. The van der Waals surface area contributed by atoms with Crippen LogP contribution in [0.3, 0.4) is 0 Å². The number of hydrogen-bond acceptors (Lipinski definition) is 5. The number of rotatable bonds is 6. The maximum Gasteiger partial charge on any atom is 0.313 e. The Balaban J connectivity index is 1.45. The van der Waals surface area contributed by atoms with E-state index in [0.717, 1.165) is 45.3 Å². The molecule has 0 bridgehead atoms. The normalized spacial score (nSPS) is 17.0. The lowest BCUT2D eigenvalue weighted by Gasteiger charge is -2.36. The number of halogens is 1. The first-order valence-electron chi connectivity index (χ1n) is 12.0. The standard InChI is InChI=1S/C26H33ClN4O3/c1-30-12-6-7-18-15-19(8-10-22(18)30)23(31-13-4-3-5-14-31)17-28-25(32)26(33)29-20-9-11-24(34-2)21(27)16-20/h8-11,15-16,23H,3-7,12-14,17H2,1-2H3,(H,28,32)(H,29,33). The van der Waals surface area contributed by atoms with E-state index in [-0.39, 0.29) is 6.04 Å². The zero-order valence-corrected chi connectivity index (χ0v) is 20.7. The lowest BCUT2D eigenvalue weighted by atomic mass is 9.95. The Morgan fingerprint density at radius 2 is 1.82 bits per heavy atom. The summed E-state index contributed by atoms with van der Waals surface area (Å²) in [5.41, 5.74) is 4.28. The number of amides is 2. The summed E-state index contributed by atoms with van der Waals surface area (Å²) in [4.78, 5) is 29.9. The second-order valence-corrected chi connectivity index (χ2v) is 9.45. The fourth-order valence-electron chi connectivity index (χ4n) is 4.90. The molecule has 2 heterocycles. The molecule has 34 heavy (non-hydrogen) atoms. The quantitative estimate of drug-likeness (QED) is 0.606. The summed E-state index contributed by atoms with van der Waals surface area (Å²) in [5, 5.41) is 5.84. The molecule has 0 saturated carbocycles. The van der Waals surface area contributed by atoms with Gasteiger partial charge in [-0.15, -0.1) is 0 Å². The van der Waals surface area contributed by atoms with Crippen LogP contribution in [0.25, 0.3) is 0 Å². The predicted molar refractivity (Wildman–Crippen MR) is 136 cm³/mol. The molecule has 0 radical (unpaired) electrons. The largest absolute Gasteiger partial charge is 0.495 e. The van der Waals surface area contributed by atoms with Crippen LogP contribution in [0, 0.1) is 0 Å². The zero-order valence-electron chi connectivity index (χ0n) is 19.9. The first-order valence-corrected chi connectivity index (χ1v) is 12.3. The molecule has 1 saturated heterocycles. The zero-order chi connectivity index (χ0) is 24.1. The lowest BCUT2D eigenvalue weighted by molar-refractivity contribution is -0.136. The van der Waals surface area contributed by atoms with Gasteiger partial charge in [0.05, 0.1) is 18.2 Å². The van der Waals surface area contributed by atoms with Crippen molar-refractivity contribution in [1.29, 1.82) is 0 Å². The van der Waals surface area contributed by atoms with E-state index in [2.05, 4.69) is 45.7 Å². The maximum absolute atomic E-state index is 12.6. The van der Waals surface area contributed by atoms with Crippen LogP contribution in [0.5, 0.6) is 5.75 Å². The third kappa shape index (κ3) is 5.65. The first kappa shape index (κ1) is 24.4. The average Bonchev–Trinajstić information content (AvgIpc) is 2.85. The average molecular weight is 485 g/mol. The van der Waals surface area contributed by atoms with Gasteiger partial charge in [-0.2, -0.15) is 0 Å². The van der Waals surface area contributed by atoms with Gasteiger partial charge in [0.15, 0.2) is 0 Å². The fourth-order valence-corrected chi connectivity index (χ4v) is 5.16. The van der Waals surface area contributed by atoms with Crippen LogP contribution >= 0.6 is 11.6 Å². The second-order valence-electron chi connectivity index (χ2n) is 9.04. The number of anilines is 2. The molecule has 2 amide bonds.